The Morgan fingerprint density at radius 2 is 1.84 bits per heavy atom. The number of benzene rings is 1. The average Bonchev–Trinajstić information content (AvgIpc) is 2.29. The Morgan fingerprint density at radius 1 is 1.26 bits per heavy atom. The molecule has 1 aromatic rings. The number of hydrogen-bond acceptors (Lipinski definition) is 3. The Kier molecular flexibility index (Phi) is 5.57. The minimum atomic E-state index is -0.569. The van der Waals surface area contributed by atoms with E-state index in [1.807, 2.05) is 0 Å². The second-order valence-electron chi connectivity index (χ2n) is 4.24. The van der Waals surface area contributed by atoms with Crippen LogP contribution in [0.5, 0.6) is 0 Å². The van der Waals surface area contributed by atoms with Gasteiger partial charge in [0.05, 0.1) is 6.10 Å². The first-order valence-corrected chi connectivity index (χ1v) is 6.22. The molecule has 0 saturated heterocycles. The summed E-state index contributed by atoms with van der Waals surface area (Å²) in [6.07, 6.45) is 1.29. The van der Waals surface area contributed by atoms with Crippen molar-refractivity contribution in [2.24, 2.45) is 0 Å². The summed E-state index contributed by atoms with van der Waals surface area (Å²) in [7, 11) is 0. The van der Waals surface area contributed by atoms with Crippen molar-refractivity contribution < 1.29 is 14.3 Å². The first kappa shape index (κ1) is 15.2. The topological polar surface area (TPSA) is 55.4 Å². The number of carbonyl (C=O) groups excluding carboxylic acids is 2. The standard InChI is InChI=1S/C14H16ClNO3/c1-9(2)19-14(18)13(16-10(3)17)8-11-4-6-12(15)7-5-11/h4-9H,1-3H3,(H,16,17)/b13-8-. The van der Waals surface area contributed by atoms with Gasteiger partial charge in [-0.2, -0.15) is 0 Å². The first-order valence-electron chi connectivity index (χ1n) is 5.84. The lowest BCUT2D eigenvalue weighted by molar-refractivity contribution is -0.143. The van der Waals surface area contributed by atoms with Crippen LogP contribution in [0.2, 0.25) is 5.02 Å². The molecule has 19 heavy (non-hydrogen) atoms. The molecule has 0 aliphatic carbocycles. The van der Waals surface area contributed by atoms with E-state index in [1.54, 1.807) is 44.2 Å². The van der Waals surface area contributed by atoms with Gasteiger partial charge in [-0.25, -0.2) is 4.79 Å². The molecule has 1 rings (SSSR count). The molecular formula is C14H16ClNO3. The van der Waals surface area contributed by atoms with Crippen LogP contribution in [-0.2, 0) is 14.3 Å². The zero-order valence-corrected chi connectivity index (χ0v) is 11.8. The highest BCUT2D eigenvalue weighted by Gasteiger charge is 2.14. The van der Waals surface area contributed by atoms with Gasteiger partial charge in [-0.1, -0.05) is 23.7 Å². The Balaban J connectivity index is 2.98. The second-order valence-corrected chi connectivity index (χ2v) is 4.68. The van der Waals surface area contributed by atoms with Crippen LogP contribution < -0.4 is 5.32 Å². The van der Waals surface area contributed by atoms with Crippen LogP contribution >= 0.6 is 11.6 Å². The number of rotatable bonds is 4. The van der Waals surface area contributed by atoms with Crippen LogP contribution in [0.1, 0.15) is 26.3 Å². The van der Waals surface area contributed by atoms with Gasteiger partial charge >= 0.3 is 5.97 Å². The molecular weight excluding hydrogens is 266 g/mol. The van der Waals surface area contributed by atoms with E-state index < -0.39 is 5.97 Å². The van der Waals surface area contributed by atoms with Crippen molar-refractivity contribution >= 4 is 29.6 Å². The van der Waals surface area contributed by atoms with Crippen LogP contribution in [0.25, 0.3) is 6.08 Å². The van der Waals surface area contributed by atoms with Gasteiger partial charge in [0.2, 0.25) is 5.91 Å². The van der Waals surface area contributed by atoms with Crippen LogP contribution in [0.4, 0.5) is 0 Å². The highest BCUT2D eigenvalue weighted by Crippen LogP contribution is 2.12. The van der Waals surface area contributed by atoms with Gasteiger partial charge in [-0.3, -0.25) is 4.79 Å². The predicted octanol–water partition coefficient (Wildman–Crippen LogP) is 2.77. The van der Waals surface area contributed by atoms with Gasteiger partial charge in [0.1, 0.15) is 5.70 Å². The van der Waals surface area contributed by atoms with Crippen molar-refractivity contribution in [1.29, 1.82) is 0 Å². The summed E-state index contributed by atoms with van der Waals surface area (Å²) in [4.78, 5) is 22.9. The lowest BCUT2D eigenvalue weighted by Gasteiger charge is -2.11. The predicted molar refractivity (Wildman–Crippen MR) is 74.5 cm³/mol. The zero-order chi connectivity index (χ0) is 14.4. The second kappa shape index (κ2) is 6.95. The molecule has 0 heterocycles. The van der Waals surface area contributed by atoms with Crippen molar-refractivity contribution in [1.82, 2.24) is 5.32 Å². The van der Waals surface area contributed by atoms with E-state index in [4.69, 9.17) is 16.3 Å². The van der Waals surface area contributed by atoms with E-state index >= 15 is 0 Å². The molecule has 102 valence electrons. The summed E-state index contributed by atoms with van der Waals surface area (Å²) in [6.45, 7) is 4.81. The van der Waals surface area contributed by atoms with Gasteiger partial charge < -0.3 is 10.1 Å². The zero-order valence-electron chi connectivity index (χ0n) is 11.1. The van der Waals surface area contributed by atoms with Crippen molar-refractivity contribution in [3.8, 4) is 0 Å². The fourth-order valence-corrected chi connectivity index (χ4v) is 1.46. The van der Waals surface area contributed by atoms with Crippen molar-refractivity contribution in [3.05, 3.63) is 40.5 Å². The maximum atomic E-state index is 11.8. The van der Waals surface area contributed by atoms with Crippen LogP contribution in [0, 0.1) is 0 Å². The first-order chi connectivity index (χ1) is 8.88. The fraction of sp³-hybridized carbons (Fsp3) is 0.286. The fourth-order valence-electron chi connectivity index (χ4n) is 1.34. The monoisotopic (exact) mass is 281 g/mol. The number of esters is 1. The lowest BCUT2D eigenvalue weighted by Crippen LogP contribution is -2.27. The molecule has 0 aromatic heterocycles. The quantitative estimate of drug-likeness (QED) is 0.682. The average molecular weight is 282 g/mol. The van der Waals surface area contributed by atoms with Gasteiger partial charge in [0.25, 0.3) is 0 Å². The highest BCUT2D eigenvalue weighted by molar-refractivity contribution is 6.30. The summed E-state index contributed by atoms with van der Waals surface area (Å²) in [5, 5.41) is 3.06. The molecule has 0 fully saturated rings. The number of hydrogen-bond donors (Lipinski definition) is 1. The normalized spacial score (nSPS) is 11.3. The molecule has 5 heteroatoms. The van der Waals surface area contributed by atoms with E-state index in [2.05, 4.69) is 5.32 Å². The third-order valence-electron chi connectivity index (χ3n) is 2.05. The number of ether oxygens (including phenoxy) is 1. The smallest absolute Gasteiger partial charge is 0.355 e. The van der Waals surface area contributed by atoms with Gasteiger partial charge in [-0.05, 0) is 37.6 Å². The maximum Gasteiger partial charge on any atom is 0.355 e. The van der Waals surface area contributed by atoms with E-state index in [-0.39, 0.29) is 17.7 Å². The molecule has 1 amide bonds. The van der Waals surface area contributed by atoms with Crippen LogP contribution in [0.15, 0.2) is 30.0 Å². The molecule has 0 aliphatic rings. The largest absolute Gasteiger partial charge is 0.458 e. The molecule has 1 N–H and O–H groups in total. The Morgan fingerprint density at radius 3 is 2.32 bits per heavy atom. The molecule has 0 atom stereocenters. The molecule has 1 aromatic carbocycles. The lowest BCUT2D eigenvalue weighted by atomic mass is 10.2. The summed E-state index contributed by atoms with van der Waals surface area (Å²) >= 11 is 5.78. The van der Waals surface area contributed by atoms with E-state index in [0.717, 1.165) is 5.56 Å². The minimum Gasteiger partial charge on any atom is -0.458 e. The van der Waals surface area contributed by atoms with Crippen molar-refractivity contribution in [3.63, 3.8) is 0 Å². The number of halogens is 1. The molecule has 0 bridgehead atoms. The SMILES string of the molecule is CC(=O)N/C(=C\c1ccc(Cl)cc1)C(=O)OC(C)C. The maximum absolute atomic E-state index is 11.8. The van der Waals surface area contributed by atoms with Crippen molar-refractivity contribution in [2.45, 2.75) is 26.9 Å². The Hall–Kier alpha value is -1.81. The number of nitrogens with one attached hydrogen (secondary N) is 1. The molecule has 0 radical (unpaired) electrons. The Bertz CT molecular complexity index is 492. The van der Waals surface area contributed by atoms with E-state index in [0.29, 0.717) is 5.02 Å². The molecule has 0 aliphatic heterocycles. The molecule has 4 nitrogen and oxygen atoms in total. The van der Waals surface area contributed by atoms with Crippen LogP contribution in [-0.4, -0.2) is 18.0 Å². The molecule has 0 spiro atoms. The third-order valence-corrected chi connectivity index (χ3v) is 2.31. The van der Waals surface area contributed by atoms with Gasteiger partial charge in [0.15, 0.2) is 0 Å². The Labute approximate surface area is 117 Å². The summed E-state index contributed by atoms with van der Waals surface area (Å²) < 4.78 is 5.06. The van der Waals surface area contributed by atoms with Crippen LogP contribution in [0.3, 0.4) is 0 Å². The van der Waals surface area contributed by atoms with Gasteiger partial charge in [-0.15, -0.1) is 0 Å². The highest BCUT2D eigenvalue weighted by atomic mass is 35.5. The van der Waals surface area contributed by atoms with Gasteiger partial charge in [0, 0.05) is 11.9 Å². The third kappa shape index (κ3) is 5.57. The molecule has 0 saturated carbocycles. The van der Waals surface area contributed by atoms with Crippen molar-refractivity contribution in [2.75, 3.05) is 0 Å². The summed E-state index contributed by atoms with van der Waals surface area (Å²) in [6, 6.07) is 6.89. The summed E-state index contributed by atoms with van der Waals surface area (Å²) in [5.41, 5.74) is 0.845. The molecule has 0 unspecified atom stereocenters. The minimum absolute atomic E-state index is 0.100. The summed E-state index contributed by atoms with van der Waals surface area (Å²) in [5.74, 6) is -0.902. The van der Waals surface area contributed by atoms with E-state index in [1.165, 1.54) is 6.92 Å². The number of amides is 1. The van der Waals surface area contributed by atoms with E-state index in [9.17, 15) is 9.59 Å². The number of carbonyl (C=O) groups is 2.